The van der Waals surface area contributed by atoms with E-state index >= 15 is 0 Å². The highest BCUT2D eigenvalue weighted by Crippen LogP contribution is 2.27. The van der Waals surface area contributed by atoms with Crippen LogP contribution in [0.25, 0.3) is 0 Å². The van der Waals surface area contributed by atoms with Gasteiger partial charge in [-0.1, -0.05) is 0 Å². The van der Waals surface area contributed by atoms with Crippen LogP contribution in [0.4, 0.5) is 5.69 Å². The van der Waals surface area contributed by atoms with Crippen molar-refractivity contribution in [2.24, 2.45) is 4.99 Å². The third kappa shape index (κ3) is 1.02. The van der Waals surface area contributed by atoms with Gasteiger partial charge in [-0.25, -0.2) is 9.97 Å². The van der Waals surface area contributed by atoms with E-state index in [1.165, 1.54) is 0 Å². The number of aliphatic imine (C=N–C) groups is 1. The first-order chi connectivity index (χ1) is 5.66. The molecule has 2 heterocycles. The highest BCUT2D eigenvalue weighted by Gasteiger charge is 2.15. The van der Waals surface area contributed by atoms with Gasteiger partial charge >= 0.3 is 0 Å². The van der Waals surface area contributed by atoms with Crippen LogP contribution < -0.4 is 0 Å². The van der Waals surface area contributed by atoms with Crippen molar-refractivity contribution < 1.29 is 0 Å². The largest absolute Gasteiger partial charge is 0.254 e. The Labute approximate surface area is 71.6 Å². The van der Waals surface area contributed by atoms with Gasteiger partial charge in [0.1, 0.15) is 11.5 Å². The molecule has 0 amide bonds. The van der Waals surface area contributed by atoms with Gasteiger partial charge in [0.25, 0.3) is 0 Å². The van der Waals surface area contributed by atoms with E-state index in [1.807, 2.05) is 20.8 Å². The molecule has 1 aromatic heterocycles. The van der Waals surface area contributed by atoms with Gasteiger partial charge in [-0.15, -0.1) is 0 Å². The summed E-state index contributed by atoms with van der Waals surface area (Å²) >= 11 is 0. The third-order valence-corrected chi connectivity index (χ3v) is 1.97. The fourth-order valence-electron chi connectivity index (χ4n) is 1.52. The van der Waals surface area contributed by atoms with Gasteiger partial charge < -0.3 is 0 Å². The Morgan fingerprint density at radius 3 is 2.58 bits per heavy atom. The zero-order valence-electron chi connectivity index (χ0n) is 7.55. The Morgan fingerprint density at radius 1 is 1.08 bits per heavy atom. The summed E-state index contributed by atoms with van der Waals surface area (Å²) in [6.45, 7) is 5.92. The number of aryl methyl sites for hydroxylation is 2. The maximum absolute atomic E-state index is 4.38. The molecular weight excluding hydrogens is 150 g/mol. The van der Waals surface area contributed by atoms with Gasteiger partial charge in [-0.2, -0.15) is 0 Å². The summed E-state index contributed by atoms with van der Waals surface area (Å²) in [6.07, 6.45) is 0.888. The van der Waals surface area contributed by atoms with Crippen LogP contribution in [0.3, 0.4) is 0 Å². The molecule has 3 heteroatoms. The van der Waals surface area contributed by atoms with Gasteiger partial charge in [0.2, 0.25) is 0 Å². The third-order valence-electron chi connectivity index (χ3n) is 1.97. The van der Waals surface area contributed by atoms with E-state index in [2.05, 4.69) is 15.0 Å². The Bertz CT molecular complexity index is 366. The van der Waals surface area contributed by atoms with Crippen LogP contribution in [-0.4, -0.2) is 15.7 Å². The van der Waals surface area contributed by atoms with E-state index in [4.69, 9.17) is 0 Å². The summed E-state index contributed by atoms with van der Waals surface area (Å²) in [5.41, 5.74) is 4.19. The highest BCUT2D eigenvalue weighted by atomic mass is 15.0. The van der Waals surface area contributed by atoms with Gasteiger partial charge in [-0.05, 0) is 20.8 Å². The number of nitrogens with zero attached hydrogens (tertiary/aromatic N) is 3. The predicted molar refractivity (Wildman–Crippen MR) is 48.0 cm³/mol. The second kappa shape index (κ2) is 2.37. The van der Waals surface area contributed by atoms with E-state index in [0.29, 0.717) is 0 Å². The lowest BCUT2D eigenvalue weighted by molar-refractivity contribution is 0.974. The molecule has 0 saturated carbocycles. The minimum Gasteiger partial charge on any atom is -0.254 e. The van der Waals surface area contributed by atoms with Crippen LogP contribution in [0.15, 0.2) is 4.99 Å². The minimum absolute atomic E-state index is 0.844. The number of rotatable bonds is 0. The summed E-state index contributed by atoms with van der Waals surface area (Å²) in [7, 11) is 0. The number of hydrogen-bond donors (Lipinski definition) is 0. The van der Waals surface area contributed by atoms with Crippen LogP contribution in [-0.2, 0) is 6.42 Å². The molecule has 0 spiro atoms. The molecule has 1 aromatic rings. The topological polar surface area (TPSA) is 38.1 Å². The zero-order chi connectivity index (χ0) is 8.72. The lowest BCUT2D eigenvalue weighted by atomic mass is 10.2. The van der Waals surface area contributed by atoms with E-state index in [1.54, 1.807) is 0 Å². The van der Waals surface area contributed by atoms with Gasteiger partial charge in [0.05, 0.1) is 11.4 Å². The molecule has 0 atom stereocenters. The van der Waals surface area contributed by atoms with Crippen LogP contribution in [0, 0.1) is 13.8 Å². The van der Waals surface area contributed by atoms with Gasteiger partial charge in [0, 0.05) is 12.1 Å². The Balaban J connectivity index is 2.62. The number of aromatic nitrogens is 2. The summed E-state index contributed by atoms with van der Waals surface area (Å²) in [4.78, 5) is 13.0. The Hall–Kier alpha value is -1.25. The quantitative estimate of drug-likeness (QED) is 0.581. The first-order valence-electron chi connectivity index (χ1n) is 4.05. The molecule has 0 aromatic carbocycles. The van der Waals surface area contributed by atoms with E-state index in [-0.39, 0.29) is 0 Å². The average molecular weight is 161 g/mol. The SMILES string of the molecule is CC1=Nc2c(C)nc(C)nc2C1. The van der Waals surface area contributed by atoms with Gasteiger partial charge in [0.15, 0.2) is 0 Å². The van der Waals surface area contributed by atoms with Crippen molar-refractivity contribution in [1.29, 1.82) is 0 Å². The van der Waals surface area contributed by atoms with E-state index in [0.717, 1.165) is 35.0 Å². The van der Waals surface area contributed by atoms with Crippen molar-refractivity contribution in [3.8, 4) is 0 Å². The summed E-state index contributed by atoms with van der Waals surface area (Å²) in [5.74, 6) is 0.844. The van der Waals surface area contributed by atoms with Crippen molar-refractivity contribution in [2.75, 3.05) is 0 Å². The normalized spacial score (nSPS) is 14.4. The monoisotopic (exact) mass is 161 g/mol. The molecule has 12 heavy (non-hydrogen) atoms. The average Bonchev–Trinajstić information content (AvgIpc) is 2.29. The van der Waals surface area contributed by atoms with Crippen molar-refractivity contribution >= 4 is 11.4 Å². The molecule has 0 fully saturated rings. The van der Waals surface area contributed by atoms with Crippen LogP contribution >= 0.6 is 0 Å². The Kier molecular flexibility index (Phi) is 1.46. The van der Waals surface area contributed by atoms with Crippen molar-refractivity contribution in [2.45, 2.75) is 27.2 Å². The smallest absolute Gasteiger partial charge is 0.125 e. The molecule has 3 nitrogen and oxygen atoms in total. The number of fused-ring (bicyclic) bond motifs is 1. The van der Waals surface area contributed by atoms with Crippen LogP contribution in [0.2, 0.25) is 0 Å². The van der Waals surface area contributed by atoms with E-state index < -0.39 is 0 Å². The maximum Gasteiger partial charge on any atom is 0.125 e. The fraction of sp³-hybridized carbons (Fsp3) is 0.444. The molecule has 0 N–H and O–H groups in total. The molecule has 0 unspecified atom stereocenters. The first kappa shape index (κ1) is 7.40. The zero-order valence-corrected chi connectivity index (χ0v) is 7.55. The molecular formula is C9H11N3. The predicted octanol–water partition coefficient (Wildman–Crippen LogP) is 1.74. The highest BCUT2D eigenvalue weighted by molar-refractivity contribution is 5.91. The van der Waals surface area contributed by atoms with Gasteiger partial charge in [-0.3, -0.25) is 4.99 Å². The summed E-state index contributed by atoms with van der Waals surface area (Å²) < 4.78 is 0. The standard InChI is InChI=1S/C9H11N3/c1-5-4-8-9(10-5)6(2)11-7(3)12-8/h4H2,1-3H3. The number of hydrogen-bond acceptors (Lipinski definition) is 3. The van der Waals surface area contributed by atoms with E-state index in [9.17, 15) is 0 Å². The van der Waals surface area contributed by atoms with Crippen molar-refractivity contribution in [1.82, 2.24) is 9.97 Å². The summed E-state index contributed by atoms with van der Waals surface area (Å²) in [6, 6.07) is 0. The second-order valence-corrected chi connectivity index (χ2v) is 3.18. The Morgan fingerprint density at radius 2 is 1.83 bits per heavy atom. The molecule has 1 aliphatic rings. The molecule has 62 valence electrons. The second-order valence-electron chi connectivity index (χ2n) is 3.18. The van der Waals surface area contributed by atoms with Crippen LogP contribution in [0.1, 0.15) is 24.1 Å². The minimum atomic E-state index is 0.844. The summed E-state index contributed by atoms with van der Waals surface area (Å²) in [5, 5.41) is 0. The lowest BCUT2D eigenvalue weighted by Crippen LogP contribution is -1.97. The fourth-order valence-corrected chi connectivity index (χ4v) is 1.52. The first-order valence-corrected chi connectivity index (χ1v) is 4.05. The maximum atomic E-state index is 4.38. The van der Waals surface area contributed by atoms with Crippen molar-refractivity contribution in [3.63, 3.8) is 0 Å². The van der Waals surface area contributed by atoms with Crippen molar-refractivity contribution in [3.05, 3.63) is 17.2 Å². The molecule has 0 saturated heterocycles. The molecule has 0 bridgehead atoms. The van der Waals surface area contributed by atoms with Crippen LogP contribution in [0.5, 0.6) is 0 Å². The molecule has 0 radical (unpaired) electrons. The molecule has 2 rings (SSSR count). The molecule has 1 aliphatic heterocycles. The lowest BCUT2D eigenvalue weighted by Gasteiger charge is -2.00. The molecule has 0 aliphatic carbocycles.